The largest absolute Gasteiger partial charge is 0.500 e. The van der Waals surface area contributed by atoms with E-state index in [9.17, 15) is 25.3 Å². The predicted molar refractivity (Wildman–Crippen MR) is 102 cm³/mol. The zero-order valence-corrected chi connectivity index (χ0v) is 15.0. The third-order valence-electron chi connectivity index (χ3n) is 3.85. The van der Waals surface area contributed by atoms with Crippen LogP contribution in [0.3, 0.4) is 0 Å². The van der Waals surface area contributed by atoms with Gasteiger partial charge < -0.3 is 14.8 Å². The highest BCUT2D eigenvalue weighted by atomic mass is 35.5. The van der Waals surface area contributed by atoms with Gasteiger partial charge in [0.2, 0.25) is 5.75 Å². The highest BCUT2D eigenvalue weighted by Gasteiger charge is 2.20. The van der Waals surface area contributed by atoms with Crippen molar-refractivity contribution >= 4 is 39.8 Å². The summed E-state index contributed by atoms with van der Waals surface area (Å²) in [7, 11) is 1.24. The molecular weight excluding hydrogens is 388 g/mol. The third-order valence-corrected chi connectivity index (χ3v) is 4.08. The van der Waals surface area contributed by atoms with E-state index in [1.807, 2.05) is 6.07 Å². The van der Waals surface area contributed by atoms with Crippen molar-refractivity contribution in [3.8, 4) is 17.6 Å². The van der Waals surface area contributed by atoms with Gasteiger partial charge in [-0.1, -0.05) is 11.6 Å². The monoisotopic (exact) mass is 398 g/mol. The number of fused-ring (bicyclic) bond motifs is 1. The van der Waals surface area contributed by atoms with E-state index in [0.29, 0.717) is 15.9 Å². The summed E-state index contributed by atoms with van der Waals surface area (Å²) in [6.07, 6.45) is 1.28. The Morgan fingerprint density at radius 1 is 1.43 bits per heavy atom. The minimum absolute atomic E-state index is 0.0306. The van der Waals surface area contributed by atoms with E-state index in [-0.39, 0.29) is 22.7 Å². The number of aromatic nitrogens is 2. The van der Waals surface area contributed by atoms with E-state index in [0.717, 1.165) is 6.07 Å². The molecule has 0 atom stereocenters. The van der Waals surface area contributed by atoms with Crippen molar-refractivity contribution in [2.24, 2.45) is 0 Å². The summed E-state index contributed by atoms with van der Waals surface area (Å²) in [4.78, 5) is 29.3. The molecule has 9 nitrogen and oxygen atoms in total. The van der Waals surface area contributed by atoms with Gasteiger partial charge in [0, 0.05) is 11.1 Å². The quantitative estimate of drug-likeness (QED) is 0.390. The molecule has 0 amide bonds. The summed E-state index contributed by atoms with van der Waals surface area (Å²) in [5, 5.41) is 31.1. The fourth-order valence-electron chi connectivity index (χ4n) is 2.55. The fraction of sp³-hybridized carbons (Fsp3) is 0.0556. The first kappa shape index (κ1) is 18.9. The molecule has 1 aromatic heterocycles. The number of H-pyrrole nitrogens is 1. The first-order valence-corrected chi connectivity index (χ1v) is 8.09. The molecule has 0 saturated heterocycles. The van der Waals surface area contributed by atoms with Crippen molar-refractivity contribution in [2.45, 2.75) is 0 Å². The number of hydrogen-bond donors (Lipinski definition) is 2. The Balaban J connectivity index is 2.19. The van der Waals surface area contributed by atoms with E-state index >= 15 is 0 Å². The summed E-state index contributed by atoms with van der Waals surface area (Å²) in [5.74, 6) is -0.795. The number of nitriles is 1. The van der Waals surface area contributed by atoms with Gasteiger partial charge in [0.1, 0.15) is 6.07 Å². The number of nitrogens with one attached hydrogen (secondary N) is 1. The smallest absolute Gasteiger partial charge is 0.315 e. The number of rotatable bonds is 4. The van der Waals surface area contributed by atoms with E-state index in [4.69, 9.17) is 16.3 Å². The van der Waals surface area contributed by atoms with Crippen LogP contribution in [-0.2, 0) is 0 Å². The van der Waals surface area contributed by atoms with Crippen LogP contribution < -0.4 is 10.3 Å². The Labute approximate surface area is 162 Å². The predicted octanol–water partition coefficient (Wildman–Crippen LogP) is 3.26. The topological polar surface area (TPSA) is 142 Å². The molecule has 10 heteroatoms. The summed E-state index contributed by atoms with van der Waals surface area (Å²) >= 11 is 5.93. The molecule has 0 radical (unpaired) electrons. The molecule has 2 aromatic carbocycles. The second kappa shape index (κ2) is 7.38. The van der Waals surface area contributed by atoms with Crippen molar-refractivity contribution in [1.82, 2.24) is 9.97 Å². The maximum absolute atomic E-state index is 12.3. The lowest BCUT2D eigenvalue weighted by Gasteiger charge is -2.06. The number of halogens is 1. The normalized spacial score (nSPS) is 11.2. The van der Waals surface area contributed by atoms with Crippen molar-refractivity contribution < 1.29 is 14.8 Å². The standard InChI is InChI=1S/C18H11ClN4O5/c1-28-15-6-9(5-14(16(15)24)23(26)27)4-10(8-20)17-21-13-7-11(19)2-3-12(13)18(25)22-17/h2-7,24H,1H3,(H,21,22,25)/b10-4+. The second-order valence-corrected chi connectivity index (χ2v) is 6.03. The van der Waals surface area contributed by atoms with Crippen LogP contribution >= 0.6 is 11.6 Å². The van der Waals surface area contributed by atoms with Crippen LogP contribution in [0.5, 0.6) is 11.5 Å². The lowest BCUT2D eigenvalue weighted by atomic mass is 10.1. The average Bonchev–Trinajstić information content (AvgIpc) is 2.66. The van der Waals surface area contributed by atoms with E-state index in [2.05, 4.69) is 9.97 Å². The second-order valence-electron chi connectivity index (χ2n) is 5.59. The molecule has 28 heavy (non-hydrogen) atoms. The van der Waals surface area contributed by atoms with Crippen LogP contribution in [0.2, 0.25) is 5.02 Å². The van der Waals surface area contributed by atoms with Gasteiger partial charge in [0.15, 0.2) is 11.6 Å². The number of nitro benzene ring substituents is 1. The van der Waals surface area contributed by atoms with Crippen molar-refractivity contribution in [3.05, 3.63) is 67.2 Å². The number of phenolic OH excluding ortho intramolecular Hbond substituents is 1. The van der Waals surface area contributed by atoms with Crippen LogP contribution in [0, 0.1) is 21.4 Å². The van der Waals surface area contributed by atoms with Gasteiger partial charge in [-0.15, -0.1) is 0 Å². The van der Waals surface area contributed by atoms with Gasteiger partial charge in [0.05, 0.1) is 28.5 Å². The number of nitro groups is 1. The maximum atomic E-state index is 12.3. The minimum atomic E-state index is -0.778. The Morgan fingerprint density at radius 2 is 2.18 bits per heavy atom. The van der Waals surface area contributed by atoms with Crippen LogP contribution in [-0.4, -0.2) is 27.1 Å². The fourth-order valence-corrected chi connectivity index (χ4v) is 2.72. The SMILES string of the molecule is COc1cc(/C=C(\C#N)c2nc3cc(Cl)ccc3c(=O)[nH]2)cc([N+](=O)[O-])c1O. The Morgan fingerprint density at radius 3 is 2.82 bits per heavy atom. The van der Waals surface area contributed by atoms with Crippen LogP contribution in [0.25, 0.3) is 22.6 Å². The molecule has 0 aliphatic heterocycles. The molecule has 0 spiro atoms. The number of aromatic amines is 1. The van der Waals surface area contributed by atoms with Gasteiger partial charge >= 0.3 is 5.69 Å². The van der Waals surface area contributed by atoms with E-state index < -0.39 is 21.9 Å². The number of phenols is 1. The minimum Gasteiger partial charge on any atom is -0.500 e. The molecule has 3 rings (SSSR count). The number of ether oxygens (including phenoxy) is 1. The van der Waals surface area contributed by atoms with E-state index in [1.165, 1.54) is 31.4 Å². The Kier molecular flexibility index (Phi) is 4.98. The molecule has 0 saturated carbocycles. The number of methoxy groups -OCH3 is 1. The zero-order valence-electron chi connectivity index (χ0n) is 14.3. The Hall–Kier alpha value is -3.90. The summed E-state index contributed by atoms with van der Waals surface area (Å²) in [5.41, 5.74) is -0.615. The molecule has 0 unspecified atom stereocenters. The van der Waals surface area contributed by atoms with Crippen LogP contribution in [0.15, 0.2) is 35.1 Å². The molecule has 0 fully saturated rings. The average molecular weight is 399 g/mol. The number of benzene rings is 2. The molecule has 140 valence electrons. The third kappa shape index (κ3) is 3.49. The Bertz CT molecular complexity index is 1240. The van der Waals surface area contributed by atoms with Crippen molar-refractivity contribution in [1.29, 1.82) is 5.26 Å². The number of nitrogens with zero attached hydrogens (tertiary/aromatic N) is 3. The lowest BCUT2D eigenvalue weighted by Crippen LogP contribution is -2.11. The molecule has 1 heterocycles. The van der Waals surface area contributed by atoms with Crippen LogP contribution in [0.4, 0.5) is 5.69 Å². The maximum Gasteiger partial charge on any atom is 0.315 e. The summed E-state index contributed by atoms with van der Waals surface area (Å²) in [6, 6.07) is 8.83. The van der Waals surface area contributed by atoms with Gasteiger partial charge in [0.25, 0.3) is 5.56 Å². The number of aromatic hydroxyl groups is 1. The highest BCUT2D eigenvalue weighted by Crippen LogP contribution is 2.37. The summed E-state index contributed by atoms with van der Waals surface area (Å²) in [6.45, 7) is 0. The van der Waals surface area contributed by atoms with Gasteiger partial charge in [-0.05, 0) is 35.9 Å². The van der Waals surface area contributed by atoms with Crippen molar-refractivity contribution in [2.75, 3.05) is 7.11 Å². The molecule has 0 aliphatic rings. The van der Waals surface area contributed by atoms with Crippen LogP contribution in [0.1, 0.15) is 11.4 Å². The van der Waals surface area contributed by atoms with Gasteiger partial charge in [-0.25, -0.2) is 4.98 Å². The highest BCUT2D eigenvalue weighted by molar-refractivity contribution is 6.31. The van der Waals surface area contributed by atoms with Crippen molar-refractivity contribution in [3.63, 3.8) is 0 Å². The summed E-state index contributed by atoms with van der Waals surface area (Å²) < 4.78 is 4.93. The molecule has 2 N–H and O–H groups in total. The van der Waals surface area contributed by atoms with Gasteiger partial charge in [-0.2, -0.15) is 5.26 Å². The molecule has 3 aromatic rings. The number of allylic oxidation sites excluding steroid dienone is 1. The first-order valence-electron chi connectivity index (χ1n) is 7.71. The molecule has 0 bridgehead atoms. The zero-order chi connectivity index (χ0) is 20.4. The van der Waals surface area contributed by atoms with Gasteiger partial charge in [-0.3, -0.25) is 14.9 Å². The molecule has 0 aliphatic carbocycles. The molecular formula is C18H11ClN4O5. The van der Waals surface area contributed by atoms with E-state index in [1.54, 1.807) is 6.07 Å². The first-order chi connectivity index (χ1) is 13.3. The lowest BCUT2D eigenvalue weighted by molar-refractivity contribution is -0.386. The number of hydrogen-bond acceptors (Lipinski definition) is 7.